The smallest absolute Gasteiger partial charge is 0.230 e. The molecule has 0 spiro atoms. The van der Waals surface area contributed by atoms with E-state index in [1.807, 2.05) is 0 Å². The Morgan fingerprint density at radius 1 is 0.889 bits per heavy atom. The highest BCUT2D eigenvalue weighted by Gasteiger charge is 2.21. The number of para-hydroxylation sites is 2. The van der Waals surface area contributed by atoms with Crippen LogP contribution < -0.4 is 4.57 Å². The van der Waals surface area contributed by atoms with Crippen LogP contribution in [0, 0.1) is 5.92 Å². The molecular formula is C24H40BrN2+. The summed E-state index contributed by atoms with van der Waals surface area (Å²) in [7, 11) is 4.43. The lowest BCUT2D eigenvalue weighted by molar-refractivity contribution is -0.654. The molecule has 0 amide bonds. The number of rotatable bonds is 14. The molecule has 2 nitrogen and oxygen atoms in total. The molecule has 2 rings (SSSR count). The van der Waals surface area contributed by atoms with Crippen LogP contribution in [0.3, 0.4) is 0 Å². The predicted molar refractivity (Wildman–Crippen MR) is 122 cm³/mol. The first-order chi connectivity index (χ1) is 13.1. The average molecular weight is 437 g/mol. The fraction of sp³-hybridized carbons (Fsp3) is 0.708. The average Bonchev–Trinajstić information content (AvgIpc) is 2.91. The van der Waals surface area contributed by atoms with E-state index in [1.54, 1.807) is 0 Å². The molecule has 0 radical (unpaired) electrons. The van der Waals surface area contributed by atoms with E-state index in [-0.39, 0.29) is 0 Å². The van der Waals surface area contributed by atoms with Gasteiger partial charge >= 0.3 is 0 Å². The summed E-state index contributed by atoms with van der Waals surface area (Å²) in [6.07, 6.45) is 16.7. The Labute approximate surface area is 175 Å². The first kappa shape index (κ1) is 22.5. The van der Waals surface area contributed by atoms with Crippen LogP contribution in [-0.4, -0.2) is 9.90 Å². The van der Waals surface area contributed by atoms with Gasteiger partial charge in [-0.15, -0.1) is 0 Å². The zero-order chi connectivity index (χ0) is 19.5. The van der Waals surface area contributed by atoms with Crippen molar-refractivity contribution < 1.29 is 4.57 Å². The van der Waals surface area contributed by atoms with Crippen LogP contribution in [0.15, 0.2) is 24.3 Å². The third kappa shape index (κ3) is 7.25. The molecule has 152 valence electrons. The summed E-state index contributed by atoms with van der Waals surface area (Å²) < 4.78 is 4.76. The van der Waals surface area contributed by atoms with Gasteiger partial charge < -0.3 is 0 Å². The molecule has 0 aliphatic rings. The molecule has 1 unspecified atom stereocenters. The van der Waals surface area contributed by atoms with Gasteiger partial charge in [0.25, 0.3) is 5.82 Å². The van der Waals surface area contributed by atoms with Crippen molar-refractivity contribution in [3.05, 3.63) is 30.1 Å². The van der Waals surface area contributed by atoms with E-state index in [1.165, 1.54) is 99.2 Å². The Balaban J connectivity index is 1.59. The van der Waals surface area contributed by atoms with E-state index in [4.69, 9.17) is 0 Å². The normalized spacial score (nSPS) is 12.7. The Kier molecular flexibility index (Phi) is 10.5. The number of fused-ring (bicyclic) bond motifs is 1. The Hall–Kier alpha value is -0.830. The second-order valence-corrected chi connectivity index (χ2v) is 9.14. The largest absolute Gasteiger partial charge is 0.257 e. The van der Waals surface area contributed by atoms with Crippen molar-refractivity contribution >= 4 is 27.0 Å². The minimum absolute atomic E-state index is 0.758. The minimum atomic E-state index is 0.758. The van der Waals surface area contributed by atoms with Crippen LogP contribution >= 0.6 is 15.9 Å². The van der Waals surface area contributed by atoms with Gasteiger partial charge in [-0.2, -0.15) is 0 Å². The standard InChI is InChI=1S/C24H40BrN2/c1-21(16-12-10-8-6-4-5-7-9-11-15-19-25)20-24-26(2)22-17-13-14-18-23(22)27(24)3/h13-14,17-18,21H,4-12,15-16,19-20H2,1-3H3/q+1. The molecule has 0 saturated carbocycles. The topological polar surface area (TPSA) is 8.81 Å². The monoisotopic (exact) mass is 435 g/mol. The predicted octanol–water partition coefficient (Wildman–Crippen LogP) is 6.87. The van der Waals surface area contributed by atoms with Crippen LogP contribution in [-0.2, 0) is 20.5 Å². The third-order valence-electron chi connectivity index (χ3n) is 5.99. The molecular weight excluding hydrogens is 396 g/mol. The van der Waals surface area contributed by atoms with Crippen molar-refractivity contribution in [1.82, 2.24) is 4.57 Å². The van der Waals surface area contributed by atoms with Gasteiger partial charge in [-0.3, -0.25) is 0 Å². The number of benzene rings is 1. The molecule has 3 heteroatoms. The van der Waals surface area contributed by atoms with Crippen LogP contribution in [0.5, 0.6) is 0 Å². The highest BCUT2D eigenvalue weighted by atomic mass is 79.9. The van der Waals surface area contributed by atoms with Crippen LogP contribution in [0.4, 0.5) is 0 Å². The molecule has 1 aromatic carbocycles. The second kappa shape index (κ2) is 12.6. The molecule has 27 heavy (non-hydrogen) atoms. The number of hydrogen-bond donors (Lipinski definition) is 0. The number of alkyl halides is 1. The first-order valence-corrected chi connectivity index (χ1v) is 12.3. The second-order valence-electron chi connectivity index (χ2n) is 8.35. The number of aryl methyl sites for hydroxylation is 2. The molecule has 0 fully saturated rings. The van der Waals surface area contributed by atoms with Crippen molar-refractivity contribution in [1.29, 1.82) is 0 Å². The molecule has 2 aromatic rings. The fourth-order valence-electron chi connectivity index (χ4n) is 4.22. The van der Waals surface area contributed by atoms with Gasteiger partial charge in [0.2, 0.25) is 0 Å². The lowest BCUT2D eigenvalue weighted by Crippen LogP contribution is -2.33. The summed E-state index contributed by atoms with van der Waals surface area (Å²) in [5.41, 5.74) is 2.68. The number of hydrogen-bond acceptors (Lipinski definition) is 0. The number of halogens is 1. The van der Waals surface area contributed by atoms with Crippen molar-refractivity contribution in [3.8, 4) is 0 Å². The maximum atomic E-state index is 3.51. The first-order valence-electron chi connectivity index (χ1n) is 11.1. The fourth-order valence-corrected chi connectivity index (χ4v) is 4.62. The highest BCUT2D eigenvalue weighted by Crippen LogP contribution is 2.19. The van der Waals surface area contributed by atoms with E-state index in [0.717, 1.165) is 5.92 Å². The number of imidazole rings is 1. The molecule has 1 heterocycles. The number of aromatic nitrogens is 2. The molecule has 0 saturated heterocycles. The van der Waals surface area contributed by atoms with Crippen molar-refractivity contribution in [2.75, 3.05) is 5.33 Å². The maximum absolute atomic E-state index is 3.51. The minimum Gasteiger partial charge on any atom is -0.230 e. The van der Waals surface area contributed by atoms with E-state index in [2.05, 4.69) is 70.3 Å². The number of unbranched alkanes of at least 4 members (excludes halogenated alkanes) is 9. The molecule has 1 aromatic heterocycles. The van der Waals surface area contributed by atoms with Crippen LogP contribution in [0.25, 0.3) is 11.0 Å². The quantitative estimate of drug-likeness (QED) is 0.174. The Bertz CT molecular complexity index is 623. The van der Waals surface area contributed by atoms with E-state index < -0.39 is 0 Å². The van der Waals surface area contributed by atoms with Crippen LogP contribution in [0.2, 0.25) is 0 Å². The van der Waals surface area contributed by atoms with Gasteiger partial charge in [0.15, 0.2) is 11.0 Å². The SMILES string of the molecule is CC(CCCCCCCCCCCCBr)Cc1n(C)c2ccccc2[n+]1C. The van der Waals surface area contributed by atoms with Crippen molar-refractivity contribution in [2.24, 2.45) is 20.0 Å². The van der Waals surface area contributed by atoms with Gasteiger partial charge in [0.1, 0.15) is 0 Å². The van der Waals surface area contributed by atoms with Gasteiger partial charge in [-0.25, -0.2) is 9.13 Å². The molecule has 0 bridgehead atoms. The Morgan fingerprint density at radius 2 is 1.44 bits per heavy atom. The lowest BCUT2D eigenvalue weighted by atomic mass is 9.98. The summed E-state index contributed by atoms with van der Waals surface area (Å²) >= 11 is 3.51. The number of nitrogens with zero attached hydrogens (tertiary/aromatic N) is 2. The van der Waals surface area contributed by atoms with E-state index in [0.29, 0.717) is 0 Å². The summed E-state index contributed by atoms with van der Waals surface area (Å²) in [6, 6.07) is 8.73. The zero-order valence-electron chi connectivity index (χ0n) is 17.9. The van der Waals surface area contributed by atoms with Gasteiger partial charge in [-0.1, -0.05) is 99.2 Å². The maximum Gasteiger partial charge on any atom is 0.257 e. The summed E-state index contributed by atoms with van der Waals surface area (Å²) in [5, 5.41) is 1.17. The summed E-state index contributed by atoms with van der Waals surface area (Å²) in [5.74, 6) is 2.21. The molecule has 0 N–H and O–H groups in total. The third-order valence-corrected chi connectivity index (χ3v) is 6.55. The van der Waals surface area contributed by atoms with E-state index in [9.17, 15) is 0 Å². The van der Waals surface area contributed by atoms with Crippen molar-refractivity contribution in [2.45, 2.75) is 84.0 Å². The molecule has 0 aliphatic carbocycles. The molecule has 0 aliphatic heterocycles. The summed E-state index contributed by atoms with van der Waals surface area (Å²) in [4.78, 5) is 0. The van der Waals surface area contributed by atoms with Crippen molar-refractivity contribution in [3.63, 3.8) is 0 Å². The highest BCUT2D eigenvalue weighted by molar-refractivity contribution is 9.09. The van der Waals surface area contributed by atoms with Crippen LogP contribution in [0.1, 0.15) is 83.4 Å². The summed E-state index contributed by atoms with van der Waals surface area (Å²) in [6.45, 7) is 2.42. The van der Waals surface area contributed by atoms with Gasteiger partial charge in [0.05, 0.1) is 20.5 Å². The zero-order valence-corrected chi connectivity index (χ0v) is 19.4. The van der Waals surface area contributed by atoms with Gasteiger partial charge in [0, 0.05) is 5.33 Å². The van der Waals surface area contributed by atoms with E-state index >= 15 is 0 Å². The molecule has 1 atom stereocenters. The Morgan fingerprint density at radius 3 is 2.04 bits per heavy atom. The lowest BCUT2D eigenvalue weighted by Gasteiger charge is -2.09. The van der Waals surface area contributed by atoms with Gasteiger partial charge in [-0.05, 0) is 24.5 Å².